The van der Waals surface area contributed by atoms with Gasteiger partial charge in [-0.3, -0.25) is 0 Å². The van der Waals surface area contributed by atoms with Gasteiger partial charge >= 0.3 is 0 Å². The highest BCUT2D eigenvalue weighted by Crippen LogP contribution is 2.15. The molecule has 1 aromatic carbocycles. The third-order valence-corrected chi connectivity index (χ3v) is 3.24. The molecule has 0 aliphatic rings. The smallest absolute Gasteiger partial charge is 0.126 e. The first kappa shape index (κ1) is 15.1. The van der Waals surface area contributed by atoms with Gasteiger partial charge in [-0.25, -0.2) is 8.78 Å². The van der Waals surface area contributed by atoms with Crippen molar-refractivity contribution in [2.75, 3.05) is 6.54 Å². The minimum Gasteiger partial charge on any atom is -0.314 e. The molecule has 0 saturated carbocycles. The minimum atomic E-state index is -0.363. The van der Waals surface area contributed by atoms with Crippen LogP contribution < -0.4 is 5.32 Å². The van der Waals surface area contributed by atoms with Crippen LogP contribution in [-0.2, 0) is 6.42 Å². The average Bonchev–Trinajstić information content (AvgIpc) is 2.32. The Morgan fingerprint density at radius 2 is 1.94 bits per heavy atom. The van der Waals surface area contributed by atoms with Crippen LogP contribution in [0.1, 0.15) is 39.2 Å². The van der Waals surface area contributed by atoms with Gasteiger partial charge in [0.05, 0.1) is 0 Å². The maximum absolute atomic E-state index is 13.4. The molecular weight excluding hydrogens is 232 g/mol. The van der Waals surface area contributed by atoms with Crippen LogP contribution in [0.15, 0.2) is 18.2 Å². The molecule has 1 rings (SSSR count). The summed E-state index contributed by atoms with van der Waals surface area (Å²) in [6, 6.07) is 4.11. The first-order chi connectivity index (χ1) is 8.54. The zero-order valence-corrected chi connectivity index (χ0v) is 11.5. The second-order valence-corrected chi connectivity index (χ2v) is 5.04. The fourth-order valence-corrected chi connectivity index (χ4v) is 2.18. The molecule has 1 nitrogen and oxygen atoms in total. The zero-order chi connectivity index (χ0) is 13.5. The van der Waals surface area contributed by atoms with Gasteiger partial charge in [0.2, 0.25) is 0 Å². The molecule has 0 radical (unpaired) electrons. The maximum atomic E-state index is 13.4. The van der Waals surface area contributed by atoms with Gasteiger partial charge < -0.3 is 5.32 Å². The Morgan fingerprint density at radius 1 is 1.22 bits per heavy atom. The van der Waals surface area contributed by atoms with Gasteiger partial charge in [-0.2, -0.15) is 0 Å². The molecule has 0 aliphatic carbocycles. The number of nitrogens with one attached hydrogen (secondary N) is 1. The van der Waals surface area contributed by atoms with Crippen molar-refractivity contribution in [2.45, 2.75) is 46.1 Å². The molecule has 3 heteroatoms. The summed E-state index contributed by atoms with van der Waals surface area (Å²) in [7, 11) is 0. The number of hydrogen-bond donors (Lipinski definition) is 1. The van der Waals surface area contributed by atoms with E-state index in [1.165, 1.54) is 12.1 Å². The van der Waals surface area contributed by atoms with Gasteiger partial charge in [0.25, 0.3) is 0 Å². The van der Waals surface area contributed by atoms with E-state index in [1.54, 1.807) is 0 Å². The van der Waals surface area contributed by atoms with Crippen LogP contribution in [0, 0.1) is 17.6 Å². The van der Waals surface area contributed by atoms with Crippen LogP contribution in [0.5, 0.6) is 0 Å². The number of halogens is 2. The van der Waals surface area contributed by atoms with Crippen molar-refractivity contribution in [1.29, 1.82) is 0 Å². The quantitative estimate of drug-likeness (QED) is 0.778. The van der Waals surface area contributed by atoms with Gasteiger partial charge in [-0.15, -0.1) is 0 Å². The SMILES string of the molecule is CCNC(CCCc1cc(F)ccc1F)C(C)C. The summed E-state index contributed by atoms with van der Waals surface area (Å²) in [6.07, 6.45) is 2.45. The van der Waals surface area contributed by atoms with Gasteiger partial charge in [0, 0.05) is 6.04 Å². The third-order valence-electron chi connectivity index (χ3n) is 3.24. The molecule has 0 aliphatic heterocycles. The van der Waals surface area contributed by atoms with E-state index in [-0.39, 0.29) is 11.6 Å². The molecule has 102 valence electrons. The van der Waals surface area contributed by atoms with Crippen molar-refractivity contribution < 1.29 is 8.78 Å². The Labute approximate surface area is 109 Å². The highest BCUT2D eigenvalue weighted by atomic mass is 19.1. The minimum absolute atomic E-state index is 0.305. The molecule has 1 N–H and O–H groups in total. The molecule has 1 aromatic rings. The van der Waals surface area contributed by atoms with Crippen molar-refractivity contribution in [3.63, 3.8) is 0 Å². The van der Waals surface area contributed by atoms with E-state index < -0.39 is 0 Å². The van der Waals surface area contributed by atoms with E-state index in [2.05, 4.69) is 26.1 Å². The molecule has 0 spiro atoms. The lowest BCUT2D eigenvalue weighted by Gasteiger charge is -2.21. The molecule has 0 bridgehead atoms. The molecule has 0 fully saturated rings. The largest absolute Gasteiger partial charge is 0.314 e. The fourth-order valence-electron chi connectivity index (χ4n) is 2.18. The number of benzene rings is 1. The van der Waals surface area contributed by atoms with E-state index in [1.807, 2.05) is 0 Å². The Morgan fingerprint density at radius 3 is 2.56 bits per heavy atom. The summed E-state index contributed by atoms with van der Waals surface area (Å²) >= 11 is 0. The van der Waals surface area contributed by atoms with Crippen LogP contribution in [0.2, 0.25) is 0 Å². The zero-order valence-electron chi connectivity index (χ0n) is 11.5. The summed E-state index contributed by atoms with van der Waals surface area (Å²) in [5, 5.41) is 3.43. The summed E-state index contributed by atoms with van der Waals surface area (Å²) in [5.74, 6) is -0.109. The van der Waals surface area contributed by atoms with Crippen molar-refractivity contribution in [1.82, 2.24) is 5.32 Å². The normalized spacial score (nSPS) is 13.0. The molecule has 0 aromatic heterocycles. The molecule has 18 heavy (non-hydrogen) atoms. The monoisotopic (exact) mass is 255 g/mol. The van der Waals surface area contributed by atoms with E-state index >= 15 is 0 Å². The maximum Gasteiger partial charge on any atom is 0.126 e. The lowest BCUT2D eigenvalue weighted by Crippen LogP contribution is -2.33. The van der Waals surface area contributed by atoms with Gasteiger partial charge in [-0.1, -0.05) is 20.8 Å². The lowest BCUT2D eigenvalue weighted by molar-refractivity contribution is 0.376. The van der Waals surface area contributed by atoms with Gasteiger partial charge in [0.15, 0.2) is 0 Å². The molecule has 1 unspecified atom stereocenters. The van der Waals surface area contributed by atoms with Crippen LogP contribution in [0.25, 0.3) is 0 Å². The third kappa shape index (κ3) is 4.73. The summed E-state index contributed by atoms with van der Waals surface area (Å²) in [4.78, 5) is 0. The molecular formula is C15H23F2N. The van der Waals surface area contributed by atoms with E-state index in [0.717, 1.165) is 25.5 Å². The van der Waals surface area contributed by atoms with Gasteiger partial charge in [0.1, 0.15) is 11.6 Å². The molecule has 1 atom stereocenters. The number of rotatable bonds is 7. The molecule has 0 amide bonds. The summed E-state index contributed by atoms with van der Waals surface area (Å²) in [6.45, 7) is 7.38. The van der Waals surface area contributed by atoms with E-state index in [4.69, 9.17) is 0 Å². The van der Waals surface area contributed by atoms with Crippen molar-refractivity contribution in [3.05, 3.63) is 35.4 Å². The van der Waals surface area contributed by atoms with Gasteiger partial charge in [-0.05, 0) is 55.5 Å². The van der Waals surface area contributed by atoms with Crippen LogP contribution in [0.4, 0.5) is 8.78 Å². The first-order valence-electron chi connectivity index (χ1n) is 6.72. The topological polar surface area (TPSA) is 12.0 Å². The van der Waals surface area contributed by atoms with Crippen molar-refractivity contribution in [2.24, 2.45) is 5.92 Å². The highest BCUT2D eigenvalue weighted by Gasteiger charge is 2.12. The second kappa shape index (κ2) is 7.47. The standard InChI is InChI=1S/C15H23F2N/c1-4-18-15(11(2)3)7-5-6-12-10-13(16)8-9-14(12)17/h8-11,15,18H,4-7H2,1-3H3. The Kier molecular flexibility index (Phi) is 6.27. The fraction of sp³-hybridized carbons (Fsp3) is 0.600. The predicted molar refractivity (Wildman–Crippen MR) is 71.6 cm³/mol. The Hall–Kier alpha value is -0.960. The van der Waals surface area contributed by atoms with E-state index in [9.17, 15) is 8.78 Å². The second-order valence-electron chi connectivity index (χ2n) is 5.04. The lowest BCUT2D eigenvalue weighted by atomic mass is 9.96. The molecule has 0 heterocycles. The Balaban J connectivity index is 2.47. The average molecular weight is 255 g/mol. The van der Waals surface area contributed by atoms with Crippen molar-refractivity contribution in [3.8, 4) is 0 Å². The number of hydrogen-bond acceptors (Lipinski definition) is 1. The Bertz CT molecular complexity index is 364. The summed E-state index contributed by atoms with van der Waals surface area (Å²) < 4.78 is 26.4. The van der Waals surface area contributed by atoms with Crippen LogP contribution in [-0.4, -0.2) is 12.6 Å². The highest BCUT2D eigenvalue weighted by molar-refractivity contribution is 5.18. The first-order valence-corrected chi connectivity index (χ1v) is 6.72. The summed E-state index contributed by atoms with van der Waals surface area (Å²) in [5.41, 5.74) is 0.481. The number of aryl methyl sites for hydroxylation is 1. The molecule has 0 saturated heterocycles. The predicted octanol–water partition coefficient (Wildman–Crippen LogP) is 3.92. The van der Waals surface area contributed by atoms with Crippen LogP contribution >= 0.6 is 0 Å². The van der Waals surface area contributed by atoms with Crippen LogP contribution in [0.3, 0.4) is 0 Å². The van der Waals surface area contributed by atoms with E-state index in [0.29, 0.717) is 23.9 Å². The van der Waals surface area contributed by atoms with Crippen molar-refractivity contribution >= 4 is 0 Å².